The van der Waals surface area contributed by atoms with Gasteiger partial charge in [0.15, 0.2) is 0 Å². The lowest BCUT2D eigenvalue weighted by Gasteiger charge is -2.19. The molecule has 0 atom stereocenters. The zero-order valence-electron chi connectivity index (χ0n) is 33.3. The van der Waals surface area contributed by atoms with Gasteiger partial charge in [0, 0.05) is 40.0 Å². The first-order valence-electron chi connectivity index (χ1n) is 19.0. The van der Waals surface area contributed by atoms with E-state index in [1.807, 2.05) is 62.7 Å². The summed E-state index contributed by atoms with van der Waals surface area (Å²) in [5, 5.41) is 19.2. The van der Waals surface area contributed by atoms with Crippen LogP contribution in [0.15, 0.2) is 52.9 Å². The summed E-state index contributed by atoms with van der Waals surface area (Å²) in [6.45, 7) is 14.9. The lowest BCUT2D eigenvalue weighted by atomic mass is 10.1. The van der Waals surface area contributed by atoms with Crippen LogP contribution in [0.2, 0.25) is 0 Å². The Kier molecular flexibility index (Phi) is 12.8. The summed E-state index contributed by atoms with van der Waals surface area (Å²) in [6, 6.07) is 15.8. The van der Waals surface area contributed by atoms with Crippen molar-refractivity contribution in [2.24, 2.45) is 0 Å². The molecule has 2 aliphatic heterocycles. The van der Waals surface area contributed by atoms with Gasteiger partial charge in [-0.15, -0.1) is 10.2 Å². The molecule has 5 aromatic rings. The Morgan fingerprint density at radius 3 is 1.67 bits per heavy atom. The second-order valence-electron chi connectivity index (χ2n) is 14.6. The molecule has 3 amide bonds. The zero-order chi connectivity index (χ0) is 40.6. The number of benzene rings is 2. The number of hydrogen-bond donors (Lipinski definition) is 1. The third-order valence-electron chi connectivity index (χ3n) is 9.36. The van der Waals surface area contributed by atoms with Crippen molar-refractivity contribution in [1.82, 2.24) is 44.9 Å². The summed E-state index contributed by atoms with van der Waals surface area (Å²) in [5.74, 6) is 0.360. The monoisotopic (exact) mass is 779 g/mol. The van der Waals surface area contributed by atoms with Crippen LogP contribution in [0.5, 0.6) is 0 Å². The molecular formula is C41H49N9O7. The standard InChI is InChI=1S/C21H26N4O4.C20H23N5O3/c1-14-7-15(2)9-17(8-14)13-29-21(28)24-5-4-6-25-18(12-24)10-19(23-25)20(27)11-22-16(3)26;1-13-7-14(2)9-16(8-13)12-27-20(26)24-5-4-6-25-17(11-24)10-18(23-25)19-22-21-15(3)28-19/h7-10H,4-6,11-13H2,1-3H3,(H,22,26);7-10H,4-6,11-12H2,1-3H3. The first-order valence-corrected chi connectivity index (χ1v) is 19.0. The minimum Gasteiger partial charge on any atom is -0.445 e. The van der Waals surface area contributed by atoms with Gasteiger partial charge in [-0.05, 0) is 63.8 Å². The lowest BCUT2D eigenvalue weighted by molar-refractivity contribution is -0.118. The number of nitrogens with one attached hydrogen (secondary N) is 1. The van der Waals surface area contributed by atoms with E-state index in [1.54, 1.807) is 27.5 Å². The van der Waals surface area contributed by atoms with Gasteiger partial charge in [0.1, 0.15) is 24.6 Å². The first-order chi connectivity index (χ1) is 27.3. The van der Waals surface area contributed by atoms with E-state index in [2.05, 4.69) is 37.8 Å². The number of nitrogens with zero attached hydrogens (tertiary/aromatic N) is 8. The van der Waals surface area contributed by atoms with Crippen LogP contribution in [0.1, 0.15) is 80.9 Å². The molecule has 0 radical (unpaired) electrons. The van der Waals surface area contributed by atoms with Crippen LogP contribution in [0.3, 0.4) is 0 Å². The Morgan fingerprint density at radius 2 is 1.18 bits per heavy atom. The van der Waals surface area contributed by atoms with Crippen LogP contribution in [0.25, 0.3) is 11.6 Å². The molecule has 2 aromatic carbocycles. The summed E-state index contributed by atoms with van der Waals surface area (Å²) in [6.07, 6.45) is 0.816. The van der Waals surface area contributed by atoms with E-state index in [-0.39, 0.29) is 43.6 Å². The Balaban J connectivity index is 0.000000193. The Hall–Kier alpha value is -6.32. The van der Waals surface area contributed by atoms with Gasteiger partial charge in [-0.2, -0.15) is 10.2 Å². The number of hydrogen-bond acceptors (Lipinski definition) is 11. The van der Waals surface area contributed by atoms with E-state index < -0.39 is 0 Å². The SMILES string of the molecule is CC(=O)NCC(=O)c1cc2n(n1)CCCN(C(=O)OCc1cc(C)cc(C)c1)C2.Cc1cc(C)cc(COC(=O)N2CCCn3nc(-c4nnc(C)o4)cc3C2)c1. The van der Waals surface area contributed by atoms with Crippen LogP contribution in [-0.2, 0) is 53.7 Å². The Morgan fingerprint density at radius 1 is 0.667 bits per heavy atom. The largest absolute Gasteiger partial charge is 0.445 e. The molecule has 57 heavy (non-hydrogen) atoms. The van der Waals surface area contributed by atoms with Crippen LogP contribution in [0.4, 0.5) is 9.59 Å². The van der Waals surface area contributed by atoms with E-state index in [0.29, 0.717) is 62.3 Å². The minimum atomic E-state index is -0.384. The number of ether oxygens (including phenoxy) is 2. The number of rotatable bonds is 8. The number of amides is 3. The normalized spacial score (nSPS) is 13.6. The fourth-order valence-electron chi connectivity index (χ4n) is 6.95. The second-order valence-corrected chi connectivity index (χ2v) is 14.6. The number of Topliss-reactive ketones (excluding diaryl/α,β-unsaturated/α-hetero) is 1. The van der Waals surface area contributed by atoms with E-state index in [0.717, 1.165) is 57.7 Å². The van der Waals surface area contributed by atoms with Gasteiger partial charge in [-0.3, -0.25) is 19.0 Å². The maximum absolute atomic E-state index is 12.6. The fraction of sp³-hybridized carbons (Fsp3) is 0.415. The molecule has 0 spiro atoms. The molecule has 0 fully saturated rings. The average molecular weight is 780 g/mol. The summed E-state index contributed by atoms with van der Waals surface area (Å²) in [5.41, 5.74) is 9.16. The molecule has 16 nitrogen and oxygen atoms in total. The van der Waals surface area contributed by atoms with Gasteiger partial charge in [-0.25, -0.2) is 9.59 Å². The number of fused-ring (bicyclic) bond motifs is 2. The molecule has 0 saturated carbocycles. The molecule has 0 bridgehead atoms. The molecule has 7 rings (SSSR count). The highest BCUT2D eigenvalue weighted by Gasteiger charge is 2.25. The zero-order valence-corrected chi connectivity index (χ0v) is 33.3. The van der Waals surface area contributed by atoms with Crippen molar-refractivity contribution in [3.8, 4) is 11.6 Å². The highest BCUT2D eigenvalue weighted by Crippen LogP contribution is 2.22. The van der Waals surface area contributed by atoms with Gasteiger partial charge in [-0.1, -0.05) is 58.7 Å². The smallest absolute Gasteiger partial charge is 0.410 e. The number of aromatic nitrogens is 6. The first kappa shape index (κ1) is 40.3. The number of aryl methyl sites for hydroxylation is 7. The maximum Gasteiger partial charge on any atom is 0.410 e. The van der Waals surface area contributed by atoms with Crippen LogP contribution >= 0.6 is 0 Å². The van der Waals surface area contributed by atoms with E-state index >= 15 is 0 Å². The van der Waals surface area contributed by atoms with Crippen molar-refractivity contribution in [3.05, 3.63) is 105 Å². The van der Waals surface area contributed by atoms with E-state index in [9.17, 15) is 19.2 Å². The topological polar surface area (TPSA) is 180 Å². The molecule has 5 heterocycles. The average Bonchev–Trinajstić information content (AvgIpc) is 3.81. The van der Waals surface area contributed by atoms with Crippen LogP contribution in [-0.4, -0.2) is 83.1 Å². The van der Waals surface area contributed by atoms with Gasteiger partial charge in [0.25, 0.3) is 5.89 Å². The third-order valence-corrected chi connectivity index (χ3v) is 9.36. The van der Waals surface area contributed by atoms with Crippen molar-refractivity contribution in [1.29, 1.82) is 0 Å². The van der Waals surface area contributed by atoms with Crippen LogP contribution < -0.4 is 5.32 Å². The molecule has 0 unspecified atom stereocenters. The summed E-state index contributed by atoms with van der Waals surface area (Å²) < 4.78 is 20.2. The minimum absolute atomic E-state index is 0.0898. The molecule has 2 aliphatic rings. The summed E-state index contributed by atoms with van der Waals surface area (Å²) in [7, 11) is 0. The number of carbonyl (C=O) groups excluding carboxylic acids is 4. The predicted molar refractivity (Wildman–Crippen MR) is 208 cm³/mol. The molecule has 300 valence electrons. The highest BCUT2D eigenvalue weighted by atomic mass is 16.6. The summed E-state index contributed by atoms with van der Waals surface area (Å²) in [4.78, 5) is 51.7. The van der Waals surface area contributed by atoms with Gasteiger partial charge in [0.05, 0.1) is 31.0 Å². The van der Waals surface area contributed by atoms with Gasteiger partial charge in [0.2, 0.25) is 17.6 Å². The highest BCUT2D eigenvalue weighted by molar-refractivity contribution is 5.97. The molecule has 3 aromatic heterocycles. The quantitative estimate of drug-likeness (QED) is 0.189. The van der Waals surface area contributed by atoms with Crippen molar-refractivity contribution in [2.45, 2.75) is 93.8 Å². The maximum atomic E-state index is 12.6. The molecular weight excluding hydrogens is 731 g/mol. The van der Waals surface area contributed by atoms with E-state index in [4.69, 9.17) is 13.9 Å². The third kappa shape index (κ3) is 10.9. The van der Waals surface area contributed by atoms with Gasteiger partial charge < -0.3 is 29.0 Å². The van der Waals surface area contributed by atoms with Crippen LogP contribution in [0, 0.1) is 34.6 Å². The molecule has 1 N–H and O–H groups in total. The molecule has 0 aliphatic carbocycles. The van der Waals surface area contributed by atoms with Crippen molar-refractivity contribution in [2.75, 3.05) is 19.6 Å². The van der Waals surface area contributed by atoms with Crippen molar-refractivity contribution >= 4 is 23.9 Å². The van der Waals surface area contributed by atoms with Crippen molar-refractivity contribution < 1.29 is 33.1 Å². The Bertz CT molecular complexity index is 2220. The van der Waals surface area contributed by atoms with E-state index in [1.165, 1.54) is 6.92 Å². The number of carbonyl (C=O) groups is 4. The second kappa shape index (κ2) is 18.1. The van der Waals surface area contributed by atoms with Gasteiger partial charge >= 0.3 is 12.2 Å². The Labute approximate surface area is 331 Å². The molecule has 0 saturated heterocycles. The van der Waals surface area contributed by atoms with Crippen molar-refractivity contribution in [3.63, 3.8) is 0 Å². The fourth-order valence-corrected chi connectivity index (χ4v) is 6.95. The summed E-state index contributed by atoms with van der Waals surface area (Å²) >= 11 is 0. The molecule has 16 heteroatoms. The lowest BCUT2D eigenvalue weighted by Crippen LogP contribution is -2.31. The predicted octanol–water partition coefficient (Wildman–Crippen LogP) is 5.76. The number of ketones is 1.